The van der Waals surface area contributed by atoms with Crippen molar-refractivity contribution in [3.8, 4) is 0 Å². The zero-order valence-corrected chi connectivity index (χ0v) is 10.7. The monoisotopic (exact) mass is 232 g/mol. The summed E-state index contributed by atoms with van der Waals surface area (Å²) in [5.41, 5.74) is 10.9. The van der Waals surface area contributed by atoms with Crippen molar-refractivity contribution in [3.05, 3.63) is 29.5 Å². The lowest BCUT2D eigenvalue weighted by Crippen LogP contribution is -2.43. The molecular formula is C15H24N2. The van der Waals surface area contributed by atoms with Gasteiger partial charge in [0, 0.05) is 19.1 Å². The maximum atomic E-state index is 6.02. The molecule has 0 bridgehead atoms. The highest BCUT2D eigenvalue weighted by molar-refractivity contribution is 5.11. The average Bonchev–Trinajstić information content (AvgIpc) is 2.43. The Morgan fingerprint density at radius 1 is 1.35 bits per heavy atom. The van der Waals surface area contributed by atoms with E-state index in [0.29, 0.717) is 6.04 Å². The maximum Gasteiger partial charge on any atom is 0.0269 e. The first-order valence-corrected chi connectivity index (χ1v) is 6.92. The number of likely N-dealkylation sites (tertiary alicyclic amines) is 1. The summed E-state index contributed by atoms with van der Waals surface area (Å²) in [4.78, 5) is 2.49. The largest absolute Gasteiger partial charge is 0.327 e. The van der Waals surface area contributed by atoms with Crippen LogP contribution < -0.4 is 5.73 Å². The van der Waals surface area contributed by atoms with Crippen molar-refractivity contribution in [2.75, 3.05) is 19.6 Å². The molecule has 0 amide bonds. The van der Waals surface area contributed by atoms with E-state index in [1.165, 1.54) is 50.6 Å². The van der Waals surface area contributed by atoms with Crippen molar-refractivity contribution in [1.29, 1.82) is 0 Å². The zero-order valence-electron chi connectivity index (χ0n) is 10.7. The van der Waals surface area contributed by atoms with Gasteiger partial charge in [-0.3, -0.25) is 4.90 Å². The molecule has 2 N–H and O–H groups in total. The van der Waals surface area contributed by atoms with Crippen LogP contribution in [0.1, 0.15) is 38.5 Å². The third-order valence-corrected chi connectivity index (χ3v) is 3.58. The highest BCUT2D eigenvalue weighted by Crippen LogP contribution is 2.15. The molecule has 2 heteroatoms. The molecule has 0 aromatic heterocycles. The number of nitrogens with two attached hydrogens (primary N) is 1. The molecule has 2 rings (SSSR count). The average molecular weight is 232 g/mol. The number of allylic oxidation sites excluding steroid dienone is 2. The van der Waals surface area contributed by atoms with Gasteiger partial charge in [-0.05, 0) is 56.7 Å². The second-order valence-corrected chi connectivity index (χ2v) is 5.23. The lowest BCUT2D eigenvalue weighted by molar-refractivity contribution is 0.223. The first-order chi connectivity index (χ1) is 8.34. The normalized spacial score (nSPS) is 27.1. The first-order valence-electron chi connectivity index (χ1n) is 6.92. The van der Waals surface area contributed by atoms with Gasteiger partial charge in [0.1, 0.15) is 0 Å². The topological polar surface area (TPSA) is 29.3 Å². The predicted octanol–water partition coefficient (Wildman–Crippen LogP) is 2.62. The van der Waals surface area contributed by atoms with E-state index in [-0.39, 0.29) is 0 Å². The zero-order chi connectivity index (χ0) is 11.9. The SMILES string of the molecule is NC1CCCN(CC2=C=CC=CCCCC2)C1. The van der Waals surface area contributed by atoms with Crippen LogP contribution in [0.25, 0.3) is 0 Å². The van der Waals surface area contributed by atoms with E-state index < -0.39 is 0 Å². The van der Waals surface area contributed by atoms with Gasteiger partial charge in [-0.2, -0.15) is 0 Å². The Bertz CT molecular complexity index is 324. The van der Waals surface area contributed by atoms with Gasteiger partial charge in [0.25, 0.3) is 0 Å². The van der Waals surface area contributed by atoms with E-state index in [4.69, 9.17) is 5.73 Å². The van der Waals surface area contributed by atoms with Crippen LogP contribution >= 0.6 is 0 Å². The summed E-state index contributed by atoms with van der Waals surface area (Å²) in [6.07, 6.45) is 13.9. The summed E-state index contributed by atoms with van der Waals surface area (Å²) in [5.74, 6) is 0. The summed E-state index contributed by atoms with van der Waals surface area (Å²) >= 11 is 0. The summed E-state index contributed by atoms with van der Waals surface area (Å²) < 4.78 is 0. The number of rotatable bonds is 2. The van der Waals surface area contributed by atoms with Crippen molar-refractivity contribution in [2.45, 2.75) is 44.6 Å². The van der Waals surface area contributed by atoms with Crippen LogP contribution in [0.15, 0.2) is 29.5 Å². The molecule has 94 valence electrons. The summed E-state index contributed by atoms with van der Waals surface area (Å²) in [6, 6.07) is 0.379. The molecule has 1 aliphatic heterocycles. The van der Waals surface area contributed by atoms with E-state index >= 15 is 0 Å². The molecule has 1 atom stereocenters. The predicted molar refractivity (Wildman–Crippen MR) is 72.9 cm³/mol. The van der Waals surface area contributed by atoms with E-state index in [1.807, 2.05) is 0 Å². The second-order valence-electron chi connectivity index (χ2n) is 5.23. The molecule has 0 saturated carbocycles. The molecule has 0 aromatic rings. The molecule has 1 unspecified atom stereocenters. The summed E-state index contributed by atoms with van der Waals surface area (Å²) in [6.45, 7) is 3.33. The fourth-order valence-corrected chi connectivity index (χ4v) is 2.63. The quantitative estimate of drug-likeness (QED) is 0.742. The minimum atomic E-state index is 0.379. The first kappa shape index (κ1) is 12.6. The summed E-state index contributed by atoms with van der Waals surface area (Å²) in [7, 11) is 0. The molecule has 1 saturated heterocycles. The fourth-order valence-electron chi connectivity index (χ4n) is 2.63. The molecule has 17 heavy (non-hydrogen) atoms. The highest BCUT2D eigenvalue weighted by atomic mass is 15.1. The van der Waals surface area contributed by atoms with E-state index in [9.17, 15) is 0 Å². The van der Waals surface area contributed by atoms with Crippen molar-refractivity contribution >= 4 is 0 Å². The van der Waals surface area contributed by atoms with Crippen molar-refractivity contribution < 1.29 is 0 Å². The number of nitrogens with zero attached hydrogens (tertiary/aromatic N) is 1. The van der Waals surface area contributed by atoms with Crippen LogP contribution in [0.5, 0.6) is 0 Å². The molecule has 0 radical (unpaired) electrons. The van der Waals surface area contributed by atoms with Gasteiger partial charge in [0.15, 0.2) is 0 Å². The van der Waals surface area contributed by atoms with Crippen molar-refractivity contribution in [3.63, 3.8) is 0 Å². The molecule has 1 heterocycles. The molecule has 1 fully saturated rings. The Morgan fingerprint density at radius 3 is 3.18 bits per heavy atom. The van der Waals surface area contributed by atoms with Gasteiger partial charge in [-0.25, -0.2) is 0 Å². The number of hydrogen-bond acceptors (Lipinski definition) is 2. The summed E-state index contributed by atoms with van der Waals surface area (Å²) in [5, 5.41) is 0. The fraction of sp³-hybridized carbons (Fsp3) is 0.667. The van der Waals surface area contributed by atoms with Crippen LogP contribution in [-0.2, 0) is 0 Å². The van der Waals surface area contributed by atoms with Crippen LogP contribution in [0.2, 0.25) is 0 Å². The smallest absolute Gasteiger partial charge is 0.0269 e. The second kappa shape index (κ2) is 6.80. The minimum Gasteiger partial charge on any atom is -0.327 e. The number of piperidine rings is 1. The minimum absolute atomic E-state index is 0.379. The Hall–Kier alpha value is -0.820. The standard InChI is InChI=1S/C15H24N2/c16-15-10-7-11-17(13-15)12-14-8-5-3-1-2-4-6-9-14/h1,3,5,15H,2,4,6-7,9-13,16H2. The Labute approximate surface area is 105 Å². The van der Waals surface area contributed by atoms with E-state index in [2.05, 4.69) is 28.9 Å². The van der Waals surface area contributed by atoms with Crippen molar-refractivity contribution in [1.82, 2.24) is 4.90 Å². The molecular weight excluding hydrogens is 208 g/mol. The lowest BCUT2D eigenvalue weighted by atomic mass is 10.0. The van der Waals surface area contributed by atoms with Crippen LogP contribution in [0, 0.1) is 0 Å². The Kier molecular flexibility index (Phi) is 5.06. The van der Waals surface area contributed by atoms with Gasteiger partial charge < -0.3 is 5.73 Å². The van der Waals surface area contributed by atoms with Crippen LogP contribution in [-0.4, -0.2) is 30.6 Å². The van der Waals surface area contributed by atoms with E-state index in [0.717, 1.165) is 13.1 Å². The lowest BCUT2D eigenvalue weighted by Gasteiger charge is -2.31. The molecule has 2 nitrogen and oxygen atoms in total. The Balaban J connectivity index is 1.93. The van der Waals surface area contributed by atoms with Gasteiger partial charge in [-0.15, -0.1) is 5.73 Å². The van der Waals surface area contributed by atoms with Gasteiger partial charge in [0.05, 0.1) is 0 Å². The van der Waals surface area contributed by atoms with Gasteiger partial charge in [0.2, 0.25) is 0 Å². The maximum absolute atomic E-state index is 6.02. The van der Waals surface area contributed by atoms with Crippen molar-refractivity contribution in [2.24, 2.45) is 5.73 Å². The number of hydrogen-bond donors (Lipinski definition) is 1. The molecule has 0 aromatic carbocycles. The van der Waals surface area contributed by atoms with Crippen LogP contribution in [0.4, 0.5) is 0 Å². The molecule has 0 spiro atoms. The van der Waals surface area contributed by atoms with Crippen LogP contribution in [0.3, 0.4) is 0 Å². The van der Waals surface area contributed by atoms with Gasteiger partial charge >= 0.3 is 0 Å². The third-order valence-electron chi connectivity index (χ3n) is 3.58. The Morgan fingerprint density at radius 2 is 2.29 bits per heavy atom. The van der Waals surface area contributed by atoms with Gasteiger partial charge in [-0.1, -0.05) is 12.2 Å². The van der Waals surface area contributed by atoms with E-state index in [1.54, 1.807) is 0 Å². The highest BCUT2D eigenvalue weighted by Gasteiger charge is 2.17. The molecule has 1 aliphatic carbocycles. The third kappa shape index (κ3) is 4.51. The molecule has 2 aliphatic rings.